The average Bonchev–Trinajstić information content (AvgIpc) is 3.43. The molecule has 2 fully saturated rings. The van der Waals surface area contributed by atoms with Gasteiger partial charge in [-0.1, -0.05) is 0 Å². The predicted octanol–water partition coefficient (Wildman–Crippen LogP) is 0.832. The molecule has 2 aromatic heterocycles. The van der Waals surface area contributed by atoms with Crippen molar-refractivity contribution in [2.45, 2.75) is 57.7 Å². The molecule has 5 heterocycles. The highest BCUT2D eigenvalue weighted by molar-refractivity contribution is 5.85. The van der Waals surface area contributed by atoms with Gasteiger partial charge in [-0.15, -0.1) is 0 Å². The molecule has 5 rings (SSSR count). The van der Waals surface area contributed by atoms with Gasteiger partial charge in [0.25, 0.3) is 0 Å². The van der Waals surface area contributed by atoms with E-state index in [2.05, 4.69) is 33.6 Å². The van der Waals surface area contributed by atoms with E-state index in [1.54, 1.807) is 26.2 Å². The van der Waals surface area contributed by atoms with Crippen molar-refractivity contribution in [3.05, 3.63) is 18.0 Å². The number of nitrogen functional groups attached to an aromatic ring is 1. The van der Waals surface area contributed by atoms with E-state index in [9.17, 15) is 4.79 Å². The highest BCUT2D eigenvalue weighted by Gasteiger charge is 2.46. The fourth-order valence-corrected chi connectivity index (χ4v) is 5.37. The van der Waals surface area contributed by atoms with Gasteiger partial charge in [0.05, 0.1) is 36.0 Å². The van der Waals surface area contributed by atoms with Crippen LogP contribution in [0.1, 0.15) is 39.7 Å². The molecule has 4 N–H and O–H groups in total. The fraction of sp³-hybridized carbons (Fsp3) is 0.625. The second-order valence-electron chi connectivity index (χ2n) is 10.7. The minimum atomic E-state index is -0.891. The minimum absolute atomic E-state index is 0.0223. The Bertz CT molecular complexity index is 1120. The van der Waals surface area contributed by atoms with Crippen LogP contribution < -0.4 is 21.3 Å². The van der Waals surface area contributed by atoms with Crippen LogP contribution in [0.3, 0.4) is 0 Å². The van der Waals surface area contributed by atoms with E-state index < -0.39 is 5.54 Å². The molecule has 0 bridgehead atoms. The number of amides is 1. The molecule has 2 unspecified atom stereocenters. The molecular formula is C24H35N9O2. The third-order valence-corrected chi connectivity index (χ3v) is 7.33. The molecule has 0 radical (unpaired) electrons. The van der Waals surface area contributed by atoms with Crippen molar-refractivity contribution >= 4 is 23.6 Å². The lowest BCUT2D eigenvalue weighted by Crippen LogP contribution is -2.53. The number of aromatic nitrogens is 4. The maximum absolute atomic E-state index is 12.9. The summed E-state index contributed by atoms with van der Waals surface area (Å²) in [6.45, 7) is 12.0. The number of fused-ring (bicyclic) bond motifs is 1. The van der Waals surface area contributed by atoms with Crippen molar-refractivity contribution in [2.24, 2.45) is 5.73 Å². The number of carbonyl (C=O) groups is 1. The number of carbonyl (C=O) groups excluding carboxylic acids is 1. The Hall–Kier alpha value is -3.05. The van der Waals surface area contributed by atoms with E-state index >= 15 is 0 Å². The molecule has 0 saturated carbocycles. The van der Waals surface area contributed by atoms with Gasteiger partial charge in [-0.05, 0) is 40.5 Å². The molecule has 35 heavy (non-hydrogen) atoms. The average molecular weight is 482 g/mol. The van der Waals surface area contributed by atoms with Crippen LogP contribution in [0.15, 0.2) is 12.4 Å². The van der Waals surface area contributed by atoms with Crippen molar-refractivity contribution in [3.63, 3.8) is 0 Å². The quantitative estimate of drug-likeness (QED) is 0.645. The molecule has 0 aromatic carbocycles. The maximum Gasteiger partial charge on any atom is 0.242 e. The lowest BCUT2D eigenvalue weighted by molar-refractivity contribution is -0.134. The van der Waals surface area contributed by atoms with Crippen molar-refractivity contribution in [1.82, 2.24) is 24.8 Å². The summed E-state index contributed by atoms with van der Waals surface area (Å²) in [5, 5.41) is 0. The Morgan fingerprint density at radius 1 is 1.20 bits per heavy atom. The molecule has 188 valence electrons. The second-order valence-corrected chi connectivity index (χ2v) is 10.7. The number of morpholine rings is 1. The van der Waals surface area contributed by atoms with Crippen LogP contribution >= 0.6 is 0 Å². The first-order chi connectivity index (χ1) is 16.6. The zero-order valence-electron chi connectivity index (χ0n) is 21.0. The van der Waals surface area contributed by atoms with Gasteiger partial charge in [0, 0.05) is 49.7 Å². The van der Waals surface area contributed by atoms with Crippen molar-refractivity contribution in [2.75, 3.05) is 54.9 Å². The summed E-state index contributed by atoms with van der Waals surface area (Å²) in [7, 11) is 0. The molecule has 1 amide bonds. The Labute approximate surface area is 205 Å². The Morgan fingerprint density at radius 2 is 1.94 bits per heavy atom. The Balaban J connectivity index is 1.55. The number of likely N-dealkylation sites (tertiary alicyclic amines) is 1. The Morgan fingerprint density at radius 3 is 2.63 bits per heavy atom. The van der Waals surface area contributed by atoms with Gasteiger partial charge >= 0.3 is 0 Å². The van der Waals surface area contributed by atoms with Crippen LogP contribution in [0, 0.1) is 0 Å². The molecule has 2 aromatic rings. The monoisotopic (exact) mass is 481 g/mol. The topological polar surface area (TPSA) is 140 Å². The number of nitrogens with two attached hydrogens (primary N) is 2. The van der Waals surface area contributed by atoms with Gasteiger partial charge in [-0.3, -0.25) is 4.79 Å². The minimum Gasteiger partial charge on any atom is -0.377 e. The van der Waals surface area contributed by atoms with Crippen LogP contribution in [0.25, 0.3) is 11.3 Å². The number of rotatable bonds is 4. The van der Waals surface area contributed by atoms with Gasteiger partial charge < -0.3 is 30.9 Å². The van der Waals surface area contributed by atoms with E-state index in [1.807, 2.05) is 4.90 Å². The lowest BCUT2D eigenvalue weighted by atomic mass is 9.99. The standard InChI is InChI=1S/C24H35N9O2/c1-15-13-35-10-9-32(15)22-29-18(16-11-27-21(25)28-12-16)17-5-7-33(19(17)30-22)24(4)6-8-31(14-24)20(34)23(2,3)26/h11-12,15H,5-10,13-14,26H2,1-4H3,(H2,25,27,28). The molecule has 0 aliphatic carbocycles. The van der Waals surface area contributed by atoms with E-state index in [-0.39, 0.29) is 23.4 Å². The number of nitrogens with zero attached hydrogens (tertiary/aromatic N) is 7. The summed E-state index contributed by atoms with van der Waals surface area (Å²) in [6, 6.07) is 0.161. The number of hydrogen-bond donors (Lipinski definition) is 2. The summed E-state index contributed by atoms with van der Waals surface area (Å²) in [6.07, 6.45) is 5.10. The normalized spacial score (nSPS) is 24.7. The zero-order chi connectivity index (χ0) is 25.0. The van der Waals surface area contributed by atoms with Crippen LogP contribution in [0.5, 0.6) is 0 Å². The maximum atomic E-state index is 12.9. The summed E-state index contributed by atoms with van der Waals surface area (Å²) >= 11 is 0. The SMILES string of the molecule is CC1COCCN1c1nc(-c2cnc(N)nc2)c2c(n1)N(C1(C)CCN(C(=O)C(C)(C)N)C1)CC2. The number of ether oxygens (including phenoxy) is 1. The molecule has 3 aliphatic heterocycles. The first kappa shape index (κ1) is 23.7. The van der Waals surface area contributed by atoms with Gasteiger partial charge in [0.1, 0.15) is 5.82 Å². The summed E-state index contributed by atoms with van der Waals surface area (Å²) < 4.78 is 5.65. The molecule has 11 heteroatoms. The van der Waals surface area contributed by atoms with E-state index in [4.69, 9.17) is 26.2 Å². The highest BCUT2D eigenvalue weighted by Crippen LogP contribution is 2.41. The predicted molar refractivity (Wildman–Crippen MR) is 134 cm³/mol. The van der Waals surface area contributed by atoms with Gasteiger partial charge in [0.2, 0.25) is 17.8 Å². The van der Waals surface area contributed by atoms with Gasteiger partial charge in [0.15, 0.2) is 0 Å². The summed E-state index contributed by atoms with van der Waals surface area (Å²) in [5.74, 6) is 1.81. The van der Waals surface area contributed by atoms with E-state index in [0.717, 1.165) is 48.6 Å². The number of anilines is 3. The number of hydrogen-bond acceptors (Lipinski definition) is 10. The molecule has 11 nitrogen and oxygen atoms in total. The molecular weight excluding hydrogens is 446 g/mol. The van der Waals surface area contributed by atoms with E-state index in [0.29, 0.717) is 32.3 Å². The third kappa shape index (κ3) is 4.27. The molecule has 2 saturated heterocycles. The van der Waals surface area contributed by atoms with Crippen LogP contribution in [0.2, 0.25) is 0 Å². The van der Waals surface area contributed by atoms with Crippen LogP contribution in [-0.4, -0.2) is 87.3 Å². The summed E-state index contributed by atoms with van der Waals surface area (Å²) in [5.41, 5.74) is 13.5. The van der Waals surface area contributed by atoms with Crippen molar-refractivity contribution in [3.8, 4) is 11.3 Å². The van der Waals surface area contributed by atoms with Gasteiger partial charge in [-0.2, -0.15) is 4.98 Å². The lowest BCUT2D eigenvalue weighted by Gasteiger charge is -2.38. The van der Waals surface area contributed by atoms with Crippen LogP contribution in [0.4, 0.5) is 17.7 Å². The third-order valence-electron chi connectivity index (χ3n) is 7.33. The second kappa shape index (κ2) is 8.56. The van der Waals surface area contributed by atoms with Crippen molar-refractivity contribution in [1.29, 1.82) is 0 Å². The smallest absolute Gasteiger partial charge is 0.242 e. The summed E-state index contributed by atoms with van der Waals surface area (Å²) in [4.78, 5) is 37.9. The largest absolute Gasteiger partial charge is 0.377 e. The zero-order valence-corrected chi connectivity index (χ0v) is 21.0. The highest BCUT2D eigenvalue weighted by atomic mass is 16.5. The molecule has 0 spiro atoms. The first-order valence-corrected chi connectivity index (χ1v) is 12.3. The fourth-order valence-electron chi connectivity index (χ4n) is 5.37. The van der Waals surface area contributed by atoms with Gasteiger partial charge in [-0.25, -0.2) is 15.0 Å². The Kier molecular flexibility index (Phi) is 5.79. The van der Waals surface area contributed by atoms with Crippen LogP contribution in [-0.2, 0) is 16.0 Å². The van der Waals surface area contributed by atoms with Crippen molar-refractivity contribution < 1.29 is 9.53 Å². The molecule has 3 aliphatic rings. The first-order valence-electron chi connectivity index (χ1n) is 12.3. The van der Waals surface area contributed by atoms with E-state index in [1.165, 1.54) is 0 Å². The molecule has 2 atom stereocenters.